The van der Waals surface area contributed by atoms with Crippen molar-refractivity contribution in [3.05, 3.63) is 60.2 Å². The first-order chi connectivity index (χ1) is 14.6. The van der Waals surface area contributed by atoms with Crippen LogP contribution in [0.15, 0.2) is 54.6 Å². The third kappa shape index (κ3) is 6.79. The van der Waals surface area contributed by atoms with Crippen molar-refractivity contribution >= 4 is 11.8 Å². The molecule has 6 heteroatoms. The van der Waals surface area contributed by atoms with E-state index in [0.717, 1.165) is 11.5 Å². The average molecular weight is 411 g/mol. The van der Waals surface area contributed by atoms with Crippen LogP contribution in [0, 0.1) is 6.92 Å². The molecular weight excluding hydrogens is 380 g/mol. The average Bonchev–Trinajstić information content (AvgIpc) is 2.78. The largest absolute Gasteiger partial charge is 0.494 e. The van der Waals surface area contributed by atoms with Crippen molar-refractivity contribution in [2.45, 2.75) is 26.2 Å². The Balaban J connectivity index is 1.28. The minimum Gasteiger partial charge on any atom is -0.494 e. The molecule has 1 saturated heterocycles. The number of nitrogens with zero attached hydrogens (tertiary/aromatic N) is 2. The number of ether oxygens (including phenoxy) is 2. The zero-order valence-electron chi connectivity index (χ0n) is 17.6. The molecule has 0 aliphatic carbocycles. The van der Waals surface area contributed by atoms with E-state index in [1.807, 2.05) is 71.3 Å². The zero-order chi connectivity index (χ0) is 21.2. The van der Waals surface area contributed by atoms with Gasteiger partial charge in [0.1, 0.15) is 11.5 Å². The maximum Gasteiger partial charge on any atom is 0.226 e. The third-order valence-electron chi connectivity index (χ3n) is 5.14. The van der Waals surface area contributed by atoms with E-state index in [1.165, 1.54) is 5.56 Å². The van der Waals surface area contributed by atoms with Crippen molar-refractivity contribution in [2.75, 3.05) is 39.4 Å². The van der Waals surface area contributed by atoms with Gasteiger partial charge in [-0.15, -0.1) is 0 Å². The summed E-state index contributed by atoms with van der Waals surface area (Å²) in [6.07, 6.45) is 1.49. The maximum absolute atomic E-state index is 12.4. The molecule has 0 bridgehead atoms. The lowest BCUT2D eigenvalue weighted by Crippen LogP contribution is -2.50. The van der Waals surface area contributed by atoms with E-state index in [1.54, 1.807) is 0 Å². The molecule has 160 valence electrons. The Morgan fingerprint density at radius 3 is 1.90 bits per heavy atom. The lowest BCUT2D eigenvalue weighted by molar-refractivity contribution is -0.140. The van der Waals surface area contributed by atoms with Gasteiger partial charge in [-0.3, -0.25) is 9.59 Å². The van der Waals surface area contributed by atoms with Crippen LogP contribution in [0.4, 0.5) is 0 Å². The second kappa shape index (κ2) is 11.2. The summed E-state index contributed by atoms with van der Waals surface area (Å²) in [7, 11) is 0. The van der Waals surface area contributed by atoms with Gasteiger partial charge in [0, 0.05) is 32.6 Å². The fraction of sp³-hybridized carbons (Fsp3) is 0.417. The van der Waals surface area contributed by atoms with Crippen LogP contribution in [-0.4, -0.2) is 61.0 Å². The normalized spacial score (nSPS) is 13.8. The highest BCUT2D eigenvalue weighted by molar-refractivity contribution is 5.78. The van der Waals surface area contributed by atoms with Crippen molar-refractivity contribution in [3.8, 4) is 11.5 Å². The number of hydrogen-bond acceptors (Lipinski definition) is 4. The highest BCUT2D eigenvalue weighted by Crippen LogP contribution is 2.13. The molecule has 0 saturated carbocycles. The Morgan fingerprint density at radius 1 is 0.733 bits per heavy atom. The van der Waals surface area contributed by atoms with Crippen LogP contribution in [0.5, 0.6) is 11.5 Å². The van der Waals surface area contributed by atoms with E-state index in [0.29, 0.717) is 58.7 Å². The number of amides is 2. The Bertz CT molecular complexity index is 800. The summed E-state index contributed by atoms with van der Waals surface area (Å²) < 4.78 is 11.3. The Hall–Kier alpha value is -3.02. The summed E-state index contributed by atoms with van der Waals surface area (Å²) in [5, 5.41) is 0. The van der Waals surface area contributed by atoms with E-state index in [-0.39, 0.29) is 11.8 Å². The molecule has 30 heavy (non-hydrogen) atoms. The number of hydrogen-bond donors (Lipinski definition) is 0. The molecule has 0 N–H and O–H groups in total. The van der Waals surface area contributed by atoms with Crippen LogP contribution >= 0.6 is 0 Å². The molecule has 3 rings (SSSR count). The molecule has 6 nitrogen and oxygen atoms in total. The van der Waals surface area contributed by atoms with Crippen LogP contribution in [0.1, 0.15) is 24.8 Å². The van der Waals surface area contributed by atoms with E-state index in [4.69, 9.17) is 9.47 Å². The van der Waals surface area contributed by atoms with Gasteiger partial charge < -0.3 is 19.3 Å². The topological polar surface area (TPSA) is 59.1 Å². The van der Waals surface area contributed by atoms with Crippen molar-refractivity contribution in [1.82, 2.24) is 9.80 Å². The molecule has 0 atom stereocenters. The van der Waals surface area contributed by atoms with Gasteiger partial charge in [-0.2, -0.15) is 0 Å². The van der Waals surface area contributed by atoms with Crippen LogP contribution in [-0.2, 0) is 9.59 Å². The highest BCUT2D eigenvalue weighted by Gasteiger charge is 2.23. The fourth-order valence-electron chi connectivity index (χ4n) is 3.34. The lowest BCUT2D eigenvalue weighted by Gasteiger charge is -2.35. The number of aryl methyl sites for hydroxylation is 1. The Kier molecular flexibility index (Phi) is 8.12. The molecule has 0 unspecified atom stereocenters. The van der Waals surface area contributed by atoms with Crippen LogP contribution in [0.3, 0.4) is 0 Å². The quantitative estimate of drug-likeness (QED) is 0.595. The molecule has 1 fully saturated rings. The summed E-state index contributed by atoms with van der Waals surface area (Å²) >= 11 is 0. The van der Waals surface area contributed by atoms with Crippen molar-refractivity contribution in [3.63, 3.8) is 0 Å². The molecule has 2 aromatic carbocycles. The van der Waals surface area contributed by atoms with Gasteiger partial charge in [-0.05, 0) is 37.6 Å². The summed E-state index contributed by atoms with van der Waals surface area (Å²) in [5.41, 5.74) is 1.19. The van der Waals surface area contributed by atoms with Gasteiger partial charge in [0.2, 0.25) is 11.8 Å². The van der Waals surface area contributed by atoms with Gasteiger partial charge in [-0.25, -0.2) is 0 Å². The Morgan fingerprint density at radius 2 is 1.27 bits per heavy atom. The van der Waals surface area contributed by atoms with Crippen molar-refractivity contribution in [2.24, 2.45) is 0 Å². The first kappa shape index (κ1) is 21.7. The molecular formula is C24H30N2O4. The number of benzene rings is 2. The summed E-state index contributed by atoms with van der Waals surface area (Å²) in [5.74, 6) is 1.80. The van der Waals surface area contributed by atoms with E-state index in [2.05, 4.69) is 0 Å². The van der Waals surface area contributed by atoms with Gasteiger partial charge in [0.25, 0.3) is 0 Å². The first-order valence-corrected chi connectivity index (χ1v) is 10.5. The van der Waals surface area contributed by atoms with Crippen LogP contribution < -0.4 is 9.47 Å². The van der Waals surface area contributed by atoms with Crippen molar-refractivity contribution < 1.29 is 19.1 Å². The standard InChI is InChI=1S/C24H30N2O4/c1-20-9-11-22(12-10-20)29-18-5-8-23(27)25-14-16-26(17-15-25)24(28)13-19-30-21-6-3-2-4-7-21/h2-4,6-7,9-12H,5,8,13-19H2,1H3. The minimum absolute atomic E-state index is 0.0736. The number of carbonyl (C=O) groups is 2. The predicted molar refractivity (Wildman–Crippen MR) is 116 cm³/mol. The molecule has 0 radical (unpaired) electrons. The van der Waals surface area contributed by atoms with Gasteiger partial charge in [-0.1, -0.05) is 35.9 Å². The molecule has 1 heterocycles. The Labute approximate surface area is 178 Å². The summed E-state index contributed by atoms with van der Waals surface area (Å²) in [6, 6.07) is 17.4. The number of para-hydroxylation sites is 1. The number of piperazine rings is 1. The van der Waals surface area contributed by atoms with Crippen molar-refractivity contribution in [1.29, 1.82) is 0 Å². The highest BCUT2D eigenvalue weighted by atomic mass is 16.5. The van der Waals surface area contributed by atoms with E-state index < -0.39 is 0 Å². The van der Waals surface area contributed by atoms with Gasteiger partial charge in [0.15, 0.2) is 0 Å². The van der Waals surface area contributed by atoms with Crippen LogP contribution in [0.25, 0.3) is 0 Å². The van der Waals surface area contributed by atoms with E-state index >= 15 is 0 Å². The molecule has 0 spiro atoms. The molecule has 2 aromatic rings. The van der Waals surface area contributed by atoms with Gasteiger partial charge >= 0.3 is 0 Å². The first-order valence-electron chi connectivity index (χ1n) is 10.5. The molecule has 1 aliphatic rings. The second-order valence-electron chi connectivity index (χ2n) is 7.44. The van der Waals surface area contributed by atoms with Gasteiger partial charge in [0.05, 0.1) is 19.6 Å². The molecule has 1 aliphatic heterocycles. The lowest BCUT2D eigenvalue weighted by atomic mass is 10.2. The number of carbonyl (C=O) groups excluding carboxylic acids is 2. The third-order valence-corrected chi connectivity index (χ3v) is 5.14. The SMILES string of the molecule is Cc1ccc(OCCCC(=O)N2CCN(C(=O)CCOc3ccccc3)CC2)cc1. The molecule has 0 aromatic heterocycles. The summed E-state index contributed by atoms with van der Waals surface area (Å²) in [6.45, 7) is 5.25. The van der Waals surface area contributed by atoms with E-state index in [9.17, 15) is 9.59 Å². The monoisotopic (exact) mass is 410 g/mol. The summed E-state index contributed by atoms with van der Waals surface area (Å²) in [4.78, 5) is 28.4. The number of rotatable bonds is 9. The smallest absolute Gasteiger partial charge is 0.226 e. The maximum atomic E-state index is 12.4. The minimum atomic E-state index is 0.0736. The van der Waals surface area contributed by atoms with Crippen LogP contribution in [0.2, 0.25) is 0 Å². The predicted octanol–water partition coefficient (Wildman–Crippen LogP) is 3.29. The zero-order valence-corrected chi connectivity index (χ0v) is 17.6. The fourth-order valence-corrected chi connectivity index (χ4v) is 3.34. The second-order valence-corrected chi connectivity index (χ2v) is 7.44. The molecule has 2 amide bonds.